The van der Waals surface area contributed by atoms with E-state index >= 15 is 0 Å². The lowest BCUT2D eigenvalue weighted by Gasteiger charge is -2.32. The van der Waals surface area contributed by atoms with Gasteiger partial charge in [-0.05, 0) is 37.1 Å². The molecule has 4 aromatic heterocycles. The first kappa shape index (κ1) is 23.1. The van der Waals surface area contributed by atoms with Crippen LogP contribution in [0.2, 0.25) is 0 Å². The molecular formula is C27H24N4O3S2. The van der Waals surface area contributed by atoms with Crippen LogP contribution >= 0.6 is 23.1 Å². The summed E-state index contributed by atoms with van der Waals surface area (Å²) in [5, 5.41) is 4.82. The van der Waals surface area contributed by atoms with Crippen molar-refractivity contribution in [3.8, 4) is 11.5 Å². The molecule has 0 unspecified atom stereocenters. The van der Waals surface area contributed by atoms with E-state index in [4.69, 9.17) is 14.1 Å². The number of furan rings is 1. The number of nitrogens with one attached hydrogen (secondary N) is 1. The molecule has 0 saturated heterocycles. The molecular weight excluding hydrogens is 492 g/mol. The summed E-state index contributed by atoms with van der Waals surface area (Å²) in [5.41, 5.74) is 4.71. The number of thiophene rings is 1. The van der Waals surface area contributed by atoms with Gasteiger partial charge in [0, 0.05) is 23.9 Å². The number of thioether (sulfide) groups is 1. The van der Waals surface area contributed by atoms with E-state index in [1.165, 1.54) is 17.3 Å². The molecule has 0 atom stereocenters. The van der Waals surface area contributed by atoms with E-state index in [2.05, 4.69) is 29.1 Å². The number of fused-ring (bicyclic) bond motifs is 5. The summed E-state index contributed by atoms with van der Waals surface area (Å²) in [6.45, 7) is 5.18. The van der Waals surface area contributed by atoms with E-state index in [1.54, 1.807) is 23.9 Å². The van der Waals surface area contributed by atoms with Crippen LogP contribution < -0.4 is 5.32 Å². The lowest BCUT2D eigenvalue weighted by atomic mass is 9.89. The summed E-state index contributed by atoms with van der Waals surface area (Å²) in [6.07, 6.45) is 3.99. The van der Waals surface area contributed by atoms with Crippen molar-refractivity contribution in [1.82, 2.24) is 20.3 Å². The molecule has 0 saturated carbocycles. The monoisotopic (exact) mass is 516 g/mol. The van der Waals surface area contributed by atoms with Gasteiger partial charge in [0.25, 0.3) is 0 Å². The summed E-state index contributed by atoms with van der Waals surface area (Å²) in [7, 11) is 0. The first-order chi connectivity index (χ1) is 17.5. The third-order valence-electron chi connectivity index (χ3n) is 6.22. The largest absolute Gasteiger partial charge is 0.463 e. The molecule has 5 heterocycles. The Morgan fingerprint density at radius 2 is 2.00 bits per heavy atom. The predicted octanol–water partition coefficient (Wildman–Crippen LogP) is 5.76. The van der Waals surface area contributed by atoms with Gasteiger partial charge in [0.05, 0.1) is 34.4 Å². The SMILES string of the molecule is CC1(C)Cc2c(c(-c3ccco3)nc3sc4c(SCC(=O)NCc5ccccc5)ncnc4c23)CO1. The lowest BCUT2D eigenvalue weighted by Crippen LogP contribution is -2.32. The van der Waals surface area contributed by atoms with Crippen LogP contribution in [0.15, 0.2) is 64.5 Å². The van der Waals surface area contributed by atoms with Gasteiger partial charge < -0.3 is 14.5 Å². The molecule has 7 nitrogen and oxygen atoms in total. The van der Waals surface area contributed by atoms with Crippen LogP contribution in [-0.2, 0) is 29.1 Å². The minimum absolute atomic E-state index is 0.0359. The Labute approximate surface area is 216 Å². The van der Waals surface area contributed by atoms with Crippen LogP contribution in [0, 0.1) is 0 Å². The molecule has 0 radical (unpaired) electrons. The van der Waals surface area contributed by atoms with E-state index in [0.29, 0.717) is 13.2 Å². The topological polar surface area (TPSA) is 90.1 Å². The van der Waals surface area contributed by atoms with Gasteiger partial charge in [-0.2, -0.15) is 0 Å². The highest BCUT2D eigenvalue weighted by molar-refractivity contribution is 8.00. The fraction of sp³-hybridized carbons (Fsp3) is 0.259. The second-order valence-corrected chi connectivity index (χ2v) is 11.3. The highest BCUT2D eigenvalue weighted by Gasteiger charge is 2.32. The smallest absolute Gasteiger partial charge is 0.230 e. The third kappa shape index (κ3) is 4.38. The van der Waals surface area contributed by atoms with Crippen LogP contribution in [0.5, 0.6) is 0 Å². The van der Waals surface area contributed by atoms with Gasteiger partial charge in [-0.15, -0.1) is 11.3 Å². The molecule has 0 spiro atoms. The molecule has 1 amide bonds. The summed E-state index contributed by atoms with van der Waals surface area (Å²) in [4.78, 5) is 27.6. The Hall–Kier alpha value is -3.27. The zero-order valence-electron chi connectivity index (χ0n) is 19.9. The second-order valence-electron chi connectivity index (χ2n) is 9.31. The molecule has 1 aliphatic heterocycles. The Bertz CT molecular complexity index is 1560. The number of carbonyl (C=O) groups is 1. The minimum Gasteiger partial charge on any atom is -0.463 e. The van der Waals surface area contributed by atoms with Crippen molar-refractivity contribution in [1.29, 1.82) is 0 Å². The highest BCUT2D eigenvalue weighted by atomic mass is 32.2. The number of benzene rings is 1. The lowest BCUT2D eigenvalue weighted by molar-refractivity contribution is -0.118. The van der Waals surface area contributed by atoms with Crippen LogP contribution in [0.3, 0.4) is 0 Å². The Morgan fingerprint density at radius 1 is 1.14 bits per heavy atom. The minimum atomic E-state index is -0.294. The predicted molar refractivity (Wildman–Crippen MR) is 142 cm³/mol. The van der Waals surface area contributed by atoms with Crippen molar-refractivity contribution in [2.75, 3.05) is 5.75 Å². The highest BCUT2D eigenvalue weighted by Crippen LogP contribution is 2.44. The maximum absolute atomic E-state index is 12.5. The van der Waals surface area contributed by atoms with Gasteiger partial charge in [0.2, 0.25) is 5.91 Å². The van der Waals surface area contributed by atoms with Crippen molar-refractivity contribution in [2.24, 2.45) is 0 Å². The van der Waals surface area contributed by atoms with Gasteiger partial charge in [-0.3, -0.25) is 4.79 Å². The number of hydrogen-bond acceptors (Lipinski definition) is 8. The maximum atomic E-state index is 12.5. The molecule has 36 heavy (non-hydrogen) atoms. The van der Waals surface area contributed by atoms with Crippen molar-refractivity contribution in [3.63, 3.8) is 0 Å². The summed E-state index contributed by atoms with van der Waals surface area (Å²) >= 11 is 2.99. The molecule has 9 heteroatoms. The molecule has 6 rings (SSSR count). The van der Waals surface area contributed by atoms with Gasteiger partial charge in [-0.1, -0.05) is 42.1 Å². The quantitative estimate of drug-likeness (QED) is 0.227. The number of hydrogen-bond donors (Lipinski definition) is 1. The average Bonchev–Trinajstić information content (AvgIpc) is 3.54. The number of nitrogens with zero attached hydrogens (tertiary/aromatic N) is 3. The number of carbonyl (C=O) groups excluding carboxylic acids is 1. The first-order valence-corrected chi connectivity index (χ1v) is 13.5. The molecule has 1 aliphatic rings. The summed E-state index contributed by atoms with van der Waals surface area (Å²) in [6, 6.07) is 13.7. The average molecular weight is 517 g/mol. The van der Waals surface area contributed by atoms with Gasteiger partial charge in [0.15, 0.2) is 5.76 Å². The summed E-state index contributed by atoms with van der Waals surface area (Å²) < 4.78 is 12.8. The van der Waals surface area contributed by atoms with Gasteiger partial charge in [0.1, 0.15) is 21.9 Å². The third-order valence-corrected chi connectivity index (χ3v) is 8.42. The van der Waals surface area contributed by atoms with E-state index in [1.807, 2.05) is 42.5 Å². The van der Waals surface area contributed by atoms with Crippen LogP contribution in [0.1, 0.15) is 30.5 Å². The Balaban J connectivity index is 1.35. The molecule has 0 aliphatic carbocycles. The van der Waals surface area contributed by atoms with Crippen LogP contribution in [-0.4, -0.2) is 32.2 Å². The van der Waals surface area contributed by atoms with Gasteiger partial charge in [-0.25, -0.2) is 15.0 Å². The van der Waals surface area contributed by atoms with Crippen molar-refractivity contribution in [2.45, 2.75) is 44.0 Å². The fourth-order valence-electron chi connectivity index (χ4n) is 4.49. The summed E-state index contributed by atoms with van der Waals surface area (Å²) in [5.74, 6) is 0.966. The second kappa shape index (κ2) is 9.31. The van der Waals surface area contributed by atoms with E-state index in [0.717, 1.165) is 54.5 Å². The number of pyridine rings is 1. The van der Waals surface area contributed by atoms with E-state index in [9.17, 15) is 4.79 Å². The number of ether oxygens (including phenoxy) is 1. The van der Waals surface area contributed by atoms with Crippen LogP contribution in [0.25, 0.3) is 31.9 Å². The fourth-order valence-corrected chi connectivity index (χ4v) is 6.55. The molecule has 1 aromatic carbocycles. The molecule has 0 bridgehead atoms. The zero-order valence-corrected chi connectivity index (χ0v) is 21.5. The Kier molecular flexibility index (Phi) is 5.99. The van der Waals surface area contributed by atoms with E-state index < -0.39 is 0 Å². The van der Waals surface area contributed by atoms with Gasteiger partial charge >= 0.3 is 0 Å². The van der Waals surface area contributed by atoms with Crippen molar-refractivity contribution >= 4 is 49.4 Å². The zero-order chi connectivity index (χ0) is 24.7. The van der Waals surface area contributed by atoms with E-state index in [-0.39, 0.29) is 17.3 Å². The number of aromatic nitrogens is 3. The molecule has 5 aromatic rings. The van der Waals surface area contributed by atoms with Crippen molar-refractivity contribution < 1.29 is 13.9 Å². The molecule has 1 N–H and O–H groups in total. The Morgan fingerprint density at radius 3 is 2.81 bits per heavy atom. The standard InChI is InChI=1S/C27H24N4O3S2/c1-27(2)11-17-18(13-34-27)22(19-9-6-10-33-19)31-25-21(17)23-24(36-25)26(30-15-29-23)35-14-20(32)28-12-16-7-4-3-5-8-16/h3-10,15H,11-14H2,1-2H3,(H,28,32). The number of amides is 1. The first-order valence-electron chi connectivity index (χ1n) is 11.7. The molecule has 182 valence electrons. The van der Waals surface area contributed by atoms with Crippen LogP contribution in [0.4, 0.5) is 0 Å². The van der Waals surface area contributed by atoms with Crippen molar-refractivity contribution in [3.05, 3.63) is 71.7 Å². The normalized spacial score (nSPS) is 14.7. The molecule has 0 fully saturated rings. The maximum Gasteiger partial charge on any atom is 0.230 e. The number of rotatable bonds is 6.